The fraction of sp³-hybridized carbons (Fsp3) is 0.298. The molecule has 71 heavy (non-hydrogen) atoms. The second-order valence-corrected chi connectivity index (χ2v) is 18.4. The second kappa shape index (κ2) is 21.0. The van der Waals surface area contributed by atoms with E-state index in [1.807, 2.05) is 44.0 Å². The summed E-state index contributed by atoms with van der Waals surface area (Å²) in [5.74, 6) is -5.92. The summed E-state index contributed by atoms with van der Waals surface area (Å²) in [6.07, 6.45) is 4.23. The highest BCUT2D eigenvalue weighted by Crippen LogP contribution is 2.55. The number of nitrogen functional groups attached to an aromatic ring is 1. The molecular formula is C47H51N5O15P4. The van der Waals surface area contributed by atoms with E-state index < -0.39 is 81.3 Å². The van der Waals surface area contributed by atoms with Crippen LogP contribution in [-0.4, -0.2) is 111 Å². The molecule has 20 nitrogen and oxygen atoms in total. The lowest BCUT2D eigenvalue weighted by atomic mass is 9.57. The fourth-order valence-electron chi connectivity index (χ4n) is 10.2. The largest absolute Gasteiger partial charge is 0.508 e. The van der Waals surface area contributed by atoms with Gasteiger partial charge >= 0.3 is 5.97 Å². The maximum atomic E-state index is 13.8. The van der Waals surface area contributed by atoms with E-state index in [-0.39, 0.29) is 52.1 Å². The van der Waals surface area contributed by atoms with Crippen molar-refractivity contribution in [1.82, 2.24) is 15.0 Å². The highest BCUT2D eigenvalue weighted by Gasteiger charge is 2.66. The maximum Gasteiger partial charge on any atom is 0.349 e. The minimum Gasteiger partial charge on any atom is -0.508 e. The van der Waals surface area contributed by atoms with Crippen LogP contribution in [0.15, 0.2) is 100 Å². The number of likely N-dealkylation sites (N-methyl/N-ethyl adjacent to an activating group) is 1. The molecule has 0 bridgehead atoms. The van der Waals surface area contributed by atoms with Crippen LogP contribution < -0.4 is 25.3 Å². The average Bonchev–Trinajstić information content (AvgIpc) is 3.76. The molecular weight excluding hydrogens is 998 g/mol. The van der Waals surface area contributed by atoms with E-state index in [0.29, 0.717) is 41.4 Å². The molecule has 374 valence electrons. The van der Waals surface area contributed by atoms with E-state index in [9.17, 15) is 44.1 Å². The van der Waals surface area contributed by atoms with Crippen molar-refractivity contribution in [2.24, 2.45) is 23.5 Å². The number of aromatic nitrogens is 1. The van der Waals surface area contributed by atoms with Gasteiger partial charge in [0.1, 0.15) is 45.5 Å². The number of allylic oxidation sites excluding steroid dienone is 1. The predicted octanol–water partition coefficient (Wildman–Crippen LogP) is 4.77. The third-order valence-corrected chi connectivity index (χ3v) is 14.5. The number of aliphatic hydroxyl groups is 2. The van der Waals surface area contributed by atoms with Crippen LogP contribution in [0.5, 0.6) is 23.1 Å². The zero-order valence-corrected chi connectivity index (χ0v) is 43.2. The molecule has 5 aliphatic rings. The minimum absolute atomic E-state index is 0.0186. The van der Waals surface area contributed by atoms with Crippen molar-refractivity contribution in [3.8, 4) is 23.1 Å². The van der Waals surface area contributed by atoms with Crippen molar-refractivity contribution in [1.29, 1.82) is 0 Å². The molecule has 9 rings (SSSR count). The molecule has 1 fully saturated rings. The van der Waals surface area contributed by atoms with E-state index in [1.165, 1.54) is 12.1 Å². The Morgan fingerprint density at radius 2 is 1.46 bits per heavy atom. The number of hydrogen-bond donors (Lipinski definition) is 5. The maximum absolute atomic E-state index is 13.8. The minimum atomic E-state index is -2.10. The first kappa shape index (κ1) is 52.9. The molecule has 1 heterocycles. The zero-order chi connectivity index (χ0) is 51.9. The summed E-state index contributed by atoms with van der Waals surface area (Å²) in [7, 11) is 15.0. The third-order valence-electron chi connectivity index (χ3n) is 13.3. The number of ketones is 4. The van der Waals surface area contributed by atoms with E-state index in [0.717, 1.165) is 0 Å². The first-order chi connectivity index (χ1) is 33.8. The smallest absolute Gasteiger partial charge is 0.349 e. The van der Waals surface area contributed by atoms with Gasteiger partial charge in [0.15, 0.2) is 22.9 Å². The molecule has 5 aliphatic carbocycles. The van der Waals surface area contributed by atoms with Gasteiger partial charge in [-0.3, -0.25) is 33.8 Å². The first-order valence-electron chi connectivity index (χ1n) is 21.6. The van der Waals surface area contributed by atoms with Gasteiger partial charge < -0.3 is 54.1 Å². The number of Topliss-reactive ketones (excluding diaryl/α,β-unsaturated/α-hetero) is 3. The molecule has 24 heteroatoms. The number of anilines is 1. The summed E-state index contributed by atoms with van der Waals surface area (Å²) in [6.45, 7) is 0. The van der Waals surface area contributed by atoms with Crippen molar-refractivity contribution >= 4 is 84.3 Å². The van der Waals surface area contributed by atoms with Gasteiger partial charge in [0.2, 0.25) is 17.2 Å². The van der Waals surface area contributed by atoms with Crippen molar-refractivity contribution in [2.75, 3.05) is 33.9 Å². The number of ether oxygens (including phenoxy) is 1. The van der Waals surface area contributed by atoms with Crippen molar-refractivity contribution < 1.29 is 71.4 Å². The van der Waals surface area contributed by atoms with Gasteiger partial charge in [-0.05, 0) is 100 Å². The molecule has 7 N–H and O–H groups in total. The highest BCUT2D eigenvalue weighted by molar-refractivity contribution is 7.10. The fourth-order valence-corrected chi connectivity index (χ4v) is 11.4. The number of aliphatic hydroxyl groups excluding tert-OH is 2. The van der Waals surface area contributed by atoms with Gasteiger partial charge in [0.05, 0.1) is 36.6 Å². The summed E-state index contributed by atoms with van der Waals surface area (Å²) in [5, 5.41) is 36.0. The quantitative estimate of drug-likeness (QED) is 0.0377. The Hall–Kier alpha value is -5.93. The molecule has 0 aliphatic heterocycles. The Morgan fingerprint density at radius 3 is 2.07 bits per heavy atom. The second-order valence-electron chi connectivity index (χ2n) is 17.4. The van der Waals surface area contributed by atoms with Crippen LogP contribution in [0.2, 0.25) is 0 Å². The van der Waals surface area contributed by atoms with Crippen molar-refractivity contribution in [2.45, 2.75) is 42.5 Å². The van der Waals surface area contributed by atoms with E-state index in [1.54, 1.807) is 79.7 Å². The Balaban J connectivity index is 0.000000163. The van der Waals surface area contributed by atoms with Gasteiger partial charge in [-0.15, -0.1) is 0 Å². The molecule has 1 amide bonds. The lowest BCUT2D eigenvalue weighted by molar-refractivity contribution is -0.148. The van der Waals surface area contributed by atoms with Gasteiger partial charge in [0, 0.05) is 42.0 Å². The molecule has 3 aromatic carbocycles. The number of para-hydroxylation sites is 1. The number of rotatable bonds is 9. The molecule has 11 atom stereocenters. The standard InChI is InChI=1S/C21H23N2O7P.C13H16N2O5P2.C13H12NO3P/c1-23(2)15-10-7-9-6-8-4-3-5-11(24)12(8)16(25)13(9)18(27)21(10,30-31)19(28)14(17(15)26)20(22)29;1-15(2)9-6-4-3-5-7(16)13(6,20-22)11(17)8-10(9)18-14-12(8)19-21;14-10-7-4-8-11(17-18)12(10)13(15)16-9-5-2-1-3-6-9/h3-5,9-10,15,24-25,28H,6-7,31H2,1-2H3,(H2,22,29);3,5-6,9H,4,21-22H2,1-2H3;1-8H,14,18H2/t9-,10-,15-,21-;6-,9-,13-;/m00./s1. The van der Waals surface area contributed by atoms with Crippen LogP contribution in [0.1, 0.15) is 56.5 Å². The van der Waals surface area contributed by atoms with Gasteiger partial charge in [-0.1, -0.05) is 42.5 Å². The summed E-state index contributed by atoms with van der Waals surface area (Å²) in [5.41, 5.74) is 8.24. The number of esters is 1. The molecule has 0 spiro atoms. The third kappa shape index (κ3) is 8.84. The van der Waals surface area contributed by atoms with Gasteiger partial charge in [-0.25, -0.2) is 4.79 Å². The number of carbonyl (C=O) groups is 6. The number of carbonyl (C=O) groups excluding carboxylic acids is 6. The van der Waals surface area contributed by atoms with Crippen molar-refractivity contribution in [3.05, 3.63) is 124 Å². The molecule has 0 radical (unpaired) electrons. The number of hydrogen-bond acceptors (Lipinski definition) is 19. The Labute approximate surface area is 416 Å². The van der Waals surface area contributed by atoms with Gasteiger partial charge in [-0.2, -0.15) is 0 Å². The number of nitrogens with two attached hydrogens (primary N) is 2. The summed E-state index contributed by atoms with van der Waals surface area (Å²) in [4.78, 5) is 80.0. The van der Waals surface area contributed by atoms with E-state index in [2.05, 4.69) is 24.1 Å². The number of nitrogens with zero attached hydrogens (tertiary/aromatic N) is 3. The Kier molecular flexibility index (Phi) is 15.7. The summed E-state index contributed by atoms with van der Waals surface area (Å²) >= 11 is 0. The van der Waals surface area contributed by atoms with Crippen LogP contribution in [0.25, 0.3) is 5.76 Å². The summed E-state index contributed by atoms with van der Waals surface area (Å²) < 4.78 is 31.5. The predicted molar refractivity (Wildman–Crippen MR) is 269 cm³/mol. The number of aromatic hydroxyl groups is 1. The lowest BCUT2D eigenvalue weighted by Gasteiger charge is -2.51. The summed E-state index contributed by atoms with van der Waals surface area (Å²) in [6, 6.07) is 17.3. The van der Waals surface area contributed by atoms with E-state index in [4.69, 9.17) is 38.8 Å². The van der Waals surface area contributed by atoms with Crippen LogP contribution in [0.4, 0.5) is 5.69 Å². The monoisotopic (exact) mass is 1050 g/mol. The number of fused-ring (bicyclic) bond motifs is 5. The molecule has 4 unspecified atom stereocenters. The van der Waals surface area contributed by atoms with Crippen LogP contribution in [-0.2, 0) is 34.6 Å². The molecule has 1 aromatic heterocycles. The zero-order valence-electron chi connectivity index (χ0n) is 38.6. The number of primary amides is 1. The Morgan fingerprint density at radius 1 is 0.803 bits per heavy atom. The van der Waals surface area contributed by atoms with Crippen LogP contribution in [0, 0.1) is 17.8 Å². The normalized spacial score (nSPS) is 25.1. The lowest BCUT2D eigenvalue weighted by Crippen LogP contribution is -2.66. The number of benzene rings is 3. The highest BCUT2D eigenvalue weighted by atomic mass is 31.0. The van der Waals surface area contributed by atoms with E-state index >= 15 is 0 Å². The Bertz CT molecular complexity index is 2920. The SMILES string of the molecule is CN(C)[C@@H]1C(=O)C(C(N)=O)=C(O)[C@@]2(OP)C(=O)C3=C(O)c4c(O)cccc4C[C@H]3C[C@@H]12.CN(C)[C@@H]1c2onc(OP)c2C(=O)[C@@]2(OP)C(=O)C=CC[C@@H]12.Nc1cccc(OP)c1C(=O)Oc1ccccc1. The molecule has 0 saturated heterocycles. The topological polar surface area (TPSA) is 294 Å². The number of phenols is 1. The average molecular weight is 1050 g/mol. The van der Waals surface area contributed by atoms with Gasteiger partial charge in [0.25, 0.3) is 11.8 Å². The molecule has 4 aromatic rings. The first-order valence-corrected chi connectivity index (χ1v) is 23.5. The van der Waals surface area contributed by atoms with Crippen LogP contribution in [0.3, 0.4) is 0 Å². The number of amides is 1. The molecule has 1 saturated carbocycles. The number of phenolic OH excluding ortho intramolecular Hbond substituents is 1. The van der Waals surface area contributed by atoms with Crippen LogP contribution >= 0.6 is 37.9 Å². The van der Waals surface area contributed by atoms with Crippen molar-refractivity contribution in [3.63, 3.8) is 0 Å².